The van der Waals surface area contributed by atoms with Crippen molar-refractivity contribution in [2.24, 2.45) is 0 Å². The van der Waals surface area contributed by atoms with Crippen molar-refractivity contribution in [2.75, 3.05) is 0 Å². The van der Waals surface area contributed by atoms with Crippen LogP contribution < -0.4 is 5.32 Å². The van der Waals surface area contributed by atoms with Crippen molar-refractivity contribution in [3.05, 3.63) is 52.4 Å². The minimum Gasteiger partial charge on any atom is -0.389 e. The summed E-state index contributed by atoms with van der Waals surface area (Å²) in [5, 5.41) is 11.5. The summed E-state index contributed by atoms with van der Waals surface area (Å²) in [7, 11) is 0. The number of carbonyl (C=O) groups is 2. The van der Waals surface area contributed by atoms with Crippen LogP contribution in [0.5, 0.6) is 0 Å². The maximum atomic E-state index is 11.3. The Labute approximate surface area is 115 Å². The molecular formula is C14H13NO3S. The van der Waals surface area contributed by atoms with Crippen molar-refractivity contribution in [1.29, 1.82) is 0 Å². The molecule has 0 saturated carbocycles. The van der Waals surface area contributed by atoms with E-state index in [1.165, 1.54) is 0 Å². The van der Waals surface area contributed by atoms with E-state index in [1.54, 1.807) is 25.2 Å². The van der Waals surface area contributed by atoms with Crippen LogP contribution in [-0.4, -0.2) is 16.3 Å². The first kappa shape index (κ1) is 13.6. The van der Waals surface area contributed by atoms with Crippen molar-refractivity contribution in [2.45, 2.75) is 13.0 Å². The molecule has 1 heterocycles. The summed E-state index contributed by atoms with van der Waals surface area (Å²) in [4.78, 5) is 22.7. The first-order chi connectivity index (χ1) is 9.08. The number of benzene rings is 1. The SMILES string of the molecule is CC(O)c1ccccc1/C=C/C=C1\SC(=O)NC1=O. The topological polar surface area (TPSA) is 66.4 Å². The van der Waals surface area contributed by atoms with Crippen molar-refractivity contribution >= 4 is 29.0 Å². The zero-order valence-corrected chi connectivity index (χ0v) is 11.1. The first-order valence-corrected chi connectivity index (χ1v) is 6.58. The summed E-state index contributed by atoms with van der Waals surface area (Å²) in [6, 6.07) is 7.46. The van der Waals surface area contributed by atoms with E-state index < -0.39 is 6.10 Å². The number of rotatable bonds is 3. The molecule has 0 bridgehead atoms. The normalized spacial score (nSPS) is 19.2. The molecule has 1 aromatic rings. The van der Waals surface area contributed by atoms with Crippen LogP contribution in [0.25, 0.3) is 6.08 Å². The monoisotopic (exact) mass is 275 g/mol. The van der Waals surface area contributed by atoms with Crippen LogP contribution in [0.3, 0.4) is 0 Å². The number of carbonyl (C=O) groups excluding carboxylic acids is 2. The average Bonchev–Trinajstić information content (AvgIpc) is 2.68. The number of hydrogen-bond donors (Lipinski definition) is 2. The molecule has 98 valence electrons. The van der Waals surface area contributed by atoms with E-state index in [2.05, 4.69) is 5.32 Å². The summed E-state index contributed by atoms with van der Waals surface area (Å²) in [6.45, 7) is 1.70. The molecule has 1 unspecified atom stereocenters. The van der Waals surface area contributed by atoms with Crippen molar-refractivity contribution in [3.63, 3.8) is 0 Å². The number of aliphatic hydroxyl groups excluding tert-OH is 1. The van der Waals surface area contributed by atoms with Gasteiger partial charge in [-0.25, -0.2) is 0 Å². The number of nitrogens with one attached hydrogen (secondary N) is 1. The Hall–Kier alpha value is -1.85. The third-order valence-electron chi connectivity index (χ3n) is 2.61. The fraction of sp³-hybridized carbons (Fsp3) is 0.143. The van der Waals surface area contributed by atoms with Gasteiger partial charge < -0.3 is 5.11 Å². The Morgan fingerprint density at radius 2 is 2.05 bits per heavy atom. The molecule has 1 aliphatic heterocycles. The summed E-state index contributed by atoms with van der Waals surface area (Å²) in [6.07, 6.45) is 4.52. The van der Waals surface area contributed by atoms with Gasteiger partial charge in [0.05, 0.1) is 11.0 Å². The van der Waals surface area contributed by atoms with Crippen LogP contribution in [0.1, 0.15) is 24.2 Å². The van der Waals surface area contributed by atoms with Crippen LogP contribution in [0, 0.1) is 0 Å². The fourth-order valence-electron chi connectivity index (χ4n) is 1.72. The molecule has 0 spiro atoms. The van der Waals surface area contributed by atoms with Gasteiger partial charge in [-0.15, -0.1) is 0 Å². The summed E-state index contributed by atoms with van der Waals surface area (Å²) < 4.78 is 0. The Morgan fingerprint density at radius 1 is 1.32 bits per heavy atom. The van der Waals surface area contributed by atoms with Crippen molar-refractivity contribution < 1.29 is 14.7 Å². The smallest absolute Gasteiger partial charge is 0.290 e. The van der Waals surface area contributed by atoms with E-state index in [-0.39, 0.29) is 11.1 Å². The lowest BCUT2D eigenvalue weighted by Gasteiger charge is -2.07. The number of imide groups is 1. The third kappa shape index (κ3) is 3.33. The number of thioether (sulfide) groups is 1. The van der Waals surface area contributed by atoms with Gasteiger partial charge in [-0.05, 0) is 35.9 Å². The van der Waals surface area contributed by atoms with Gasteiger partial charge in [-0.1, -0.05) is 36.4 Å². The molecule has 2 N–H and O–H groups in total. The Balaban J connectivity index is 2.18. The van der Waals surface area contributed by atoms with Gasteiger partial charge in [0.2, 0.25) is 0 Å². The summed E-state index contributed by atoms with van der Waals surface area (Å²) in [5.74, 6) is -0.372. The van der Waals surface area contributed by atoms with Gasteiger partial charge in [-0.2, -0.15) is 0 Å². The lowest BCUT2D eigenvalue weighted by molar-refractivity contribution is -0.115. The second kappa shape index (κ2) is 5.86. The van der Waals surface area contributed by atoms with Gasteiger partial charge >= 0.3 is 0 Å². The minimum absolute atomic E-state index is 0.353. The van der Waals surface area contributed by atoms with E-state index >= 15 is 0 Å². The maximum Gasteiger partial charge on any atom is 0.290 e. The van der Waals surface area contributed by atoms with E-state index in [0.29, 0.717) is 4.91 Å². The molecule has 0 radical (unpaired) electrons. The van der Waals surface area contributed by atoms with Gasteiger partial charge in [-0.3, -0.25) is 14.9 Å². The molecule has 1 fully saturated rings. The highest BCUT2D eigenvalue weighted by Crippen LogP contribution is 2.23. The fourth-order valence-corrected chi connectivity index (χ4v) is 2.35. The van der Waals surface area contributed by atoms with Gasteiger partial charge in [0.15, 0.2) is 0 Å². The lowest BCUT2D eigenvalue weighted by Crippen LogP contribution is -2.17. The Kier molecular flexibility index (Phi) is 4.19. The average molecular weight is 275 g/mol. The van der Waals surface area contributed by atoms with Crippen LogP contribution in [0.2, 0.25) is 0 Å². The zero-order chi connectivity index (χ0) is 13.8. The third-order valence-corrected chi connectivity index (χ3v) is 3.44. The Bertz CT molecular complexity index is 576. The molecule has 19 heavy (non-hydrogen) atoms. The van der Waals surface area contributed by atoms with Crippen molar-refractivity contribution in [1.82, 2.24) is 5.32 Å². The standard InChI is InChI=1S/C14H13NO3S/c1-9(16)11-7-3-2-5-10(11)6-4-8-12-13(17)15-14(18)19-12/h2-9,16H,1H3,(H,15,17,18)/b6-4+,12-8-. The second-order valence-electron chi connectivity index (χ2n) is 4.04. The van der Waals surface area contributed by atoms with E-state index in [1.807, 2.05) is 24.3 Å². The molecule has 1 atom stereocenters. The molecule has 2 rings (SSSR count). The molecule has 0 aromatic heterocycles. The number of amides is 2. The van der Waals surface area contributed by atoms with E-state index in [4.69, 9.17) is 0 Å². The van der Waals surface area contributed by atoms with Crippen molar-refractivity contribution in [3.8, 4) is 0 Å². The first-order valence-electron chi connectivity index (χ1n) is 5.76. The lowest BCUT2D eigenvalue weighted by atomic mass is 10.0. The maximum absolute atomic E-state index is 11.3. The predicted molar refractivity (Wildman–Crippen MR) is 75.3 cm³/mol. The molecule has 1 aromatic carbocycles. The van der Waals surface area contributed by atoms with Gasteiger partial charge in [0.1, 0.15) is 0 Å². The number of allylic oxidation sites excluding steroid dienone is 2. The molecular weight excluding hydrogens is 262 g/mol. The summed E-state index contributed by atoms with van der Waals surface area (Å²) >= 11 is 0.880. The minimum atomic E-state index is -0.556. The van der Waals surface area contributed by atoms with Crippen LogP contribution in [-0.2, 0) is 4.79 Å². The summed E-state index contributed by atoms with van der Waals surface area (Å²) in [5.41, 5.74) is 1.70. The molecule has 1 saturated heterocycles. The van der Waals surface area contributed by atoms with Crippen LogP contribution >= 0.6 is 11.8 Å². The molecule has 5 heteroatoms. The van der Waals surface area contributed by atoms with Crippen LogP contribution in [0.4, 0.5) is 4.79 Å². The Morgan fingerprint density at radius 3 is 2.68 bits per heavy atom. The molecule has 2 amide bonds. The number of aliphatic hydroxyl groups is 1. The van der Waals surface area contributed by atoms with Crippen LogP contribution in [0.15, 0.2) is 41.3 Å². The predicted octanol–water partition coefficient (Wildman–Crippen LogP) is 2.62. The van der Waals surface area contributed by atoms with Gasteiger partial charge in [0.25, 0.3) is 11.1 Å². The molecule has 0 aliphatic carbocycles. The van der Waals surface area contributed by atoms with E-state index in [0.717, 1.165) is 22.9 Å². The number of hydrogen-bond acceptors (Lipinski definition) is 4. The molecule has 1 aliphatic rings. The van der Waals surface area contributed by atoms with E-state index in [9.17, 15) is 14.7 Å². The van der Waals surface area contributed by atoms with Gasteiger partial charge in [0, 0.05) is 0 Å². The largest absolute Gasteiger partial charge is 0.389 e. The second-order valence-corrected chi connectivity index (χ2v) is 5.05. The highest BCUT2D eigenvalue weighted by atomic mass is 32.2. The quantitative estimate of drug-likeness (QED) is 0.832. The highest BCUT2D eigenvalue weighted by molar-refractivity contribution is 8.18. The highest BCUT2D eigenvalue weighted by Gasteiger charge is 2.24. The molecule has 4 nitrogen and oxygen atoms in total. The zero-order valence-electron chi connectivity index (χ0n) is 10.3.